The van der Waals surface area contributed by atoms with E-state index in [1.165, 1.54) is 12.1 Å². The molecule has 1 aromatic heterocycles. The van der Waals surface area contributed by atoms with Crippen molar-refractivity contribution in [3.8, 4) is 28.3 Å². The highest BCUT2D eigenvalue weighted by molar-refractivity contribution is 5.89. The Morgan fingerprint density at radius 3 is 2.27 bits per heavy atom. The van der Waals surface area contributed by atoms with Gasteiger partial charge in [-0.15, -0.1) is 0 Å². The van der Waals surface area contributed by atoms with E-state index in [0.717, 1.165) is 16.7 Å². The minimum atomic E-state index is -0.328. The number of halogens is 1. The number of benzene rings is 2. The van der Waals surface area contributed by atoms with Crippen molar-refractivity contribution < 1.29 is 4.39 Å². The Balaban J connectivity index is 2.32. The summed E-state index contributed by atoms with van der Waals surface area (Å²) < 4.78 is 13.2. The van der Waals surface area contributed by atoms with E-state index in [9.17, 15) is 9.65 Å². The molecule has 0 atom stereocenters. The fourth-order valence-electron chi connectivity index (χ4n) is 2.39. The van der Waals surface area contributed by atoms with Gasteiger partial charge in [0.2, 0.25) is 0 Å². The van der Waals surface area contributed by atoms with Gasteiger partial charge >= 0.3 is 0 Å². The first-order valence-corrected chi connectivity index (χ1v) is 6.70. The van der Waals surface area contributed by atoms with Crippen molar-refractivity contribution in [2.24, 2.45) is 0 Å². The molecule has 2 aromatic carbocycles. The smallest absolute Gasteiger partial charge is 0.141 e. The average Bonchev–Trinajstić information content (AvgIpc) is 2.56. The van der Waals surface area contributed by atoms with Gasteiger partial charge in [-0.1, -0.05) is 42.5 Å². The topological polar surface area (TPSA) is 62.7 Å². The molecule has 4 heteroatoms. The van der Waals surface area contributed by atoms with Crippen LogP contribution in [-0.2, 0) is 0 Å². The van der Waals surface area contributed by atoms with Crippen LogP contribution in [0, 0.1) is 17.1 Å². The summed E-state index contributed by atoms with van der Waals surface area (Å²) >= 11 is 0. The SMILES string of the molecule is N#Cc1c(N)ncc(-c2ccccc2)c1-c1ccc(F)cc1. The third-order valence-electron chi connectivity index (χ3n) is 3.44. The molecule has 0 fully saturated rings. The van der Waals surface area contributed by atoms with Crippen molar-refractivity contribution in [2.45, 2.75) is 0 Å². The molecule has 22 heavy (non-hydrogen) atoms. The lowest BCUT2D eigenvalue weighted by Gasteiger charge is -2.13. The summed E-state index contributed by atoms with van der Waals surface area (Å²) in [6, 6.07) is 17.7. The van der Waals surface area contributed by atoms with Crippen LogP contribution in [0.15, 0.2) is 60.8 Å². The molecule has 0 aliphatic carbocycles. The Morgan fingerprint density at radius 2 is 1.64 bits per heavy atom. The fraction of sp³-hybridized carbons (Fsp3) is 0. The maximum atomic E-state index is 13.2. The zero-order valence-electron chi connectivity index (χ0n) is 11.6. The Kier molecular flexibility index (Phi) is 3.55. The van der Waals surface area contributed by atoms with Gasteiger partial charge in [0.15, 0.2) is 0 Å². The minimum absolute atomic E-state index is 0.168. The molecule has 0 saturated heterocycles. The van der Waals surface area contributed by atoms with Crippen molar-refractivity contribution in [1.29, 1.82) is 5.26 Å². The molecule has 0 spiro atoms. The van der Waals surface area contributed by atoms with Gasteiger partial charge in [0.05, 0.1) is 0 Å². The molecule has 106 valence electrons. The molecule has 3 rings (SSSR count). The number of nitrogen functional groups attached to an aromatic ring is 1. The van der Waals surface area contributed by atoms with Gasteiger partial charge in [-0.2, -0.15) is 5.26 Å². The van der Waals surface area contributed by atoms with Gasteiger partial charge < -0.3 is 5.73 Å². The summed E-state index contributed by atoms with van der Waals surface area (Å²) in [6.45, 7) is 0. The zero-order chi connectivity index (χ0) is 15.5. The van der Waals surface area contributed by atoms with Crippen LogP contribution in [-0.4, -0.2) is 4.98 Å². The lowest BCUT2D eigenvalue weighted by molar-refractivity contribution is 0.628. The molecule has 0 saturated carbocycles. The number of rotatable bonds is 2. The van der Waals surface area contributed by atoms with Crippen LogP contribution in [0.3, 0.4) is 0 Å². The zero-order valence-corrected chi connectivity index (χ0v) is 11.6. The van der Waals surface area contributed by atoms with Crippen LogP contribution in [0.5, 0.6) is 0 Å². The number of aromatic nitrogens is 1. The molecule has 3 aromatic rings. The Hall–Kier alpha value is -3.19. The summed E-state index contributed by atoms with van der Waals surface area (Å²) in [6.07, 6.45) is 1.64. The summed E-state index contributed by atoms with van der Waals surface area (Å²) in [7, 11) is 0. The first-order valence-electron chi connectivity index (χ1n) is 6.70. The molecule has 0 aliphatic heterocycles. The van der Waals surface area contributed by atoms with Gasteiger partial charge in [0, 0.05) is 17.3 Å². The predicted octanol–water partition coefficient (Wildman–Crippen LogP) is 4.01. The predicted molar refractivity (Wildman–Crippen MR) is 84.2 cm³/mol. The maximum Gasteiger partial charge on any atom is 0.141 e. The molecule has 0 unspecified atom stereocenters. The molecular formula is C18H12FN3. The highest BCUT2D eigenvalue weighted by Crippen LogP contribution is 2.36. The molecule has 0 bridgehead atoms. The largest absolute Gasteiger partial charge is 0.383 e. The van der Waals surface area contributed by atoms with E-state index >= 15 is 0 Å². The number of hydrogen-bond acceptors (Lipinski definition) is 3. The first-order chi connectivity index (χ1) is 10.7. The first kappa shape index (κ1) is 13.8. The number of nitrogens with two attached hydrogens (primary N) is 1. The van der Waals surface area contributed by atoms with Gasteiger partial charge in [-0.25, -0.2) is 9.37 Å². The quantitative estimate of drug-likeness (QED) is 0.775. The summed E-state index contributed by atoms with van der Waals surface area (Å²) in [5.41, 5.74) is 9.24. The summed E-state index contributed by atoms with van der Waals surface area (Å²) in [5.74, 6) is -0.160. The van der Waals surface area contributed by atoms with E-state index in [-0.39, 0.29) is 11.6 Å². The molecule has 0 radical (unpaired) electrons. The third kappa shape index (κ3) is 2.40. The van der Waals surface area contributed by atoms with Gasteiger partial charge in [-0.05, 0) is 23.3 Å². The van der Waals surface area contributed by atoms with Crippen molar-refractivity contribution in [1.82, 2.24) is 4.98 Å². The van der Waals surface area contributed by atoms with E-state index in [1.54, 1.807) is 18.3 Å². The van der Waals surface area contributed by atoms with E-state index < -0.39 is 0 Å². The highest BCUT2D eigenvalue weighted by atomic mass is 19.1. The number of nitrogens with zero attached hydrogens (tertiary/aromatic N) is 2. The van der Waals surface area contributed by atoms with Crippen molar-refractivity contribution in [3.63, 3.8) is 0 Å². The lowest BCUT2D eigenvalue weighted by atomic mass is 9.92. The van der Waals surface area contributed by atoms with E-state index in [2.05, 4.69) is 11.1 Å². The molecule has 0 amide bonds. The van der Waals surface area contributed by atoms with Crippen LogP contribution in [0.25, 0.3) is 22.3 Å². The normalized spacial score (nSPS) is 10.2. The molecule has 2 N–H and O–H groups in total. The summed E-state index contributed by atoms with van der Waals surface area (Å²) in [5, 5.41) is 9.44. The van der Waals surface area contributed by atoms with E-state index in [1.807, 2.05) is 30.3 Å². The number of nitriles is 1. The number of hydrogen-bond donors (Lipinski definition) is 1. The standard InChI is InChI=1S/C18H12FN3/c19-14-8-6-13(7-9-14)17-15(10-20)18(21)22-11-16(17)12-4-2-1-3-5-12/h1-9,11H,(H2,21,22). The second kappa shape index (κ2) is 5.66. The third-order valence-corrected chi connectivity index (χ3v) is 3.44. The molecule has 0 aliphatic rings. The summed E-state index contributed by atoms with van der Waals surface area (Å²) in [4.78, 5) is 4.11. The van der Waals surface area contributed by atoms with Crippen LogP contribution in [0.2, 0.25) is 0 Å². The van der Waals surface area contributed by atoms with Crippen LogP contribution >= 0.6 is 0 Å². The number of anilines is 1. The van der Waals surface area contributed by atoms with Crippen LogP contribution in [0.1, 0.15) is 5.56 Å². The second-order valence-corrected chi connectivity index (χ2v) is 4.79. The number of pyridine rings is 1. The minimum Gasteiger partial charge on any atom is -0.383 e. The van der Waals surface area contributed by atoms with Crippen LogP contribution in [0.4, 0.5) is 10.2 Å². The lowest BCUT2D eigenvalue weighted by Crippen LogP contribution is -1.99. The Labute approximate surface area is 127 Å². The van der Waals surface area contributed by atoms with E-state index in [0.29, 0.717) is 11.1 Å². The van der Waals surface area contributed by atoms with E-state index in [4.69, 9.17) is 5.73 Å². The van der Waals surface area contributed by atoms with Gasteiger partial charge in [0.25, 0.3) is 0 Å². The van der Waals surface area contributed by atoms with Crippen LogP contribution < -0.4 is 5.73 Å². The Bertz CT molecular complexity index is 850. The molecular weight excluding hydrogens is 277 g/mol. The van der Waals surface area contributed by atoms with Crippen molar-refractivity contribution >= 4 is 5.82 Å². The highest BCUT2D eigenvalue weighted by Gasteiger charge is 2.16. The maximum absolute atomic E-state index is 13.2. The second-order valence-electron chi connectivity index (χ2n) is 4.79. The van der Waals surface area contributed by atoms with Gasteiger partial charge in [-0.3, -0.25) is 0 Å². The van der Waals surface area contributed by atoms with Crippen molar-refractivity contribution in [2.75, 3.05) is 5.73 Å². The molecule has 3 nitrogen and oxygen atoms in total. The van der Waals surface area contributed by atoms with Gasteiger partial charge in [0.1, 0.15) is 23.3 Å². The fourth-order valence-corrected chi connectivity index (χ4v) is 2.39. The van der Waals surface area contributed by atoms with Crippen molar-refractivity contribution in [3.05, 3.63) is 72.2 Å². The average molecular weight is 289 g/mol. The monoisotopic (exact) mass is 289 g/mol. The Morgan fingerprint density at radius 1 is 0.955 bits per heavy atom. The molecule has 1 heterocycles.